The predicted octanol–water partition coefficient (Wildman–Crippen LogP) is 10.1. The minimum Gasteiger partial charge on any atom is -0.377 e. The van der Waals surface area contributed by atoms with Crippen molar-refractivity contribution in [2.24, 2.45) is 56.2 Å². The quantitative estimate of drug-likeness (QED) is 0.305. The number of carbonyl (C=O) groups excluding carboxylic acids is 1. The van der Waals surface area contributed by atoms with E-state index in [1.807, 2.05) is 11.3 Å². The van der Waals surface area contributed by atoms with Crippen LogP contribution in [0.1, 0.15) is 135 Å². The molecular formula is C39H56O2S. The maximum absolute atomic E-state index is 14.3. The van der Waals surface area contributed by atoms with Crippen LogP contribution in [0.4, 0.5) is 0 Å². The molecule has 7 aliphatic rings. The minimum atomic E-state index is -0.287. The molecule has 0 aromatic carbocycles. The number of allylic oxidation sites excluding steroid dienone is 1. The van der Waals surface area contributed by atoms with Crippen LogP contribution in [-0.2, 0) is 22.4 Å². The van der Waals surface area contributed by atoms with Crippen molar-refractivity contribution in [1.29, 1.82) is 0 Å². The van der Waals surface area contributed by atoms with E-state index in [1.54, 1.807) is 10.4 Å². The summed E-state index contributed by atoms with van der Waals surface area (Å²) in [7, 11) is 0. The Morgan fingerprint density at radius 3 is 2.43 bits per heavy atom. The van der Waals surface area contributed by atoms with Crippen molar-refractivity contribution in [2.75, 3.05) is 6.61 Å². The third-order valence-electron chi connectivity index (χ3n) is 16.1. The van der Waals surface area contributed by atoms with E-state index in [1.165, 1.54) is 82.6 Å². The summed E-state index contributed by atoms with van der Waals surface area (Å²) in [6.07, 6.45) is 19.5. The molecule has 0 amide bonds. The number of Topliss-reactive ketones (excluding diaryl/α,β-unsaturated/α-hetero) is 1. The van der Waals surface area contributed by atoms with Crippen molar-refractivity contribution in [3.05, 3.63) is 27.0 Å². The molecule has 5 saturated carbocycles. The molecule has 1 aromatic heterocycles. The van der Waals surface area contributed by atoms with Crippen LogP contribution in [0.25, 0.3) is 6.08 Å². The number of ether oxygens (including phenoxy) is 1. The van der Waals surface area contributed by atoms with Crippen molar-refractivity contribution in [3.8, 4) is 0 Å². The van der Waals surface area contributed by atoms with Gasteiger partial charge in [-0.05, 0) is 162 Å². The largest absolute Gasteiger partial charge is 0.377 e. The van der Waals surface area contributed by atoms with E-state index >= 15 is 0 Å². The first-order valence-corrected chi connectivity index (χ1v) is 18.6. The molecule has 6 aliphatic carbocycles. The van der Waals surface area contributed by atoms with Gasteiger partial charge in [0.1, 0.15) is 0 Å². The van der Waals surface area contributed by atoms with Gasteiger partial charge in [0.05, 0.1) is 12.7 Å². The molecule has 0 N–H and O–H groups in total. The summed E-state index contributed by atoms with van der Waals surface area (Å²) >= 11 is 1.94. The Hall–Kier alpha value is -0.930. The van der Waals surface area contributed by atoms with Crippen LogP contribution in [0.2, 0.25) is 0 Å². The third kappa shape index (κ3) is 3.45. The fourth-order valence-corrected chi connectivity index (χ4v) is 14.9. The first-order chi connectivity index (χ1) is 19.8. The van der Waals surface area contributed by atoms with Gasteiger partial charge in [0.25, 0.3) is 0 Å². The molecule has 6 fully saturated rings. The maximum Gasteiger partial charge on any atom is 0.164 e. The van der Waals surface area contributed by atoms with Gasteiger partial charge in [-0.2, -0.15) is 0 Å². The Kier molecular flexibility index (Phi) is 6.02. The number of thiophene rings is 1. The van der Waals surface area contributed by atoms with Gasteiger partial charge in [0.15, 0.2) is 5.78 Å². The Morgan fingerprint density at radius 1 is 0.857 bits per heavy atom. The Labute approximate surface area is 259 Å². The lowest BCUT2D eigenvalue weighted by molar-refractivity contribution is -0.236. The second kappa shape index (κ2) is 8.86. The second-order valence-corrected chi connectivity index (χ2v) is 19.4. The van der Waals surface area contributed by atoms with Crippen molar-refractivity contribution < 1.29 is 9.53 Å². The van der Waals surface area contributed by atoms with Crippen LogP contribution in [0.3, 0.4) is 0 Å². The highest BCUT2D eigenvalue weighted by Crippen LogP contribution is 2.78. The van der Waals surface area contributed by atoms with Gasteiger partial charge >= 0.3 is 0 Å². The molecule has 1 saturated heterocycles. The molecule has 8 rings (SSSR count). The monoisotopic (exact) mass is 588 g/mol. The van der Waals surface area contributed by atoms with Gasteiger partial charge in [0.2, 0.25) is 0 Å². The van der Waals surface area contributed by atoms with Crippen LogP contribution >= 0.6 is 11.3 Å². The molecule has 3 heteroatoms. The molecule has 42 heavy (non-hydrogen) atoms. The van der Waals surface area contributed by atoms with Crippen molar-refractivity contribution in [1.82, 2.24) is 0 Å². The van der Waals surface area contributed by atoms with Gasteiger partial charge in [-0.25, -0.2) is 0 Å². The van der Waals surface area contributed by atoms with Crippen LogP contribution in [0.5, 0.6) is 0 Å². The lowest BCUT2D eigenvalue weighted by atomic mass is 9.31. The third-order valence-corrected chi connectivity index (χ3v) is 17.2. The Bertz CT molecular complexity index is 1350. The van der Waals surface area contributed by atoms with E-state index in [2.05, 4.69) is 59.9 Å². The van der Waals surface area contributed by atoms with Gasteiger partial charge in [-0.3, -0.25) is 4.79 Å². The lowest BCUT2D eigenvalue weighted by Gasteiger charge is -2.73. The van der Waals surface area contributed by atoms with Gasteiger partial charge < -0.3 is 4.74 Å². The molecule has 2 nitrogen and oxygen atoms in total. The summed E-state index contributed by atoms with van der Waals surface area (Å²) in [5.74, 6) is 3.13. The number of fused-ring (bicyclic) bond motifs is 6. The van der Waals surface area contributed by atoms with Crippen LogP contribution in [0, 0.1) is 56.2 Å². The molecule has 0 radical (unpaired) electrons. The highest BCUT2D eigenvalue weighted by Gasteiger charge is 2.73. The van der Waals surface area contributed by atoms with E-state index in [9.17, 15) is 4.79 Å². The number of hydrogen-bond acceptors (Lipinski definition) is 3. The summed E-state index contributed by atoms with van der Waals surface area (Å²) in [6, 6.07) is 0. The lowest BCUT2D eigenvalue weighted by Crippen LogP contribution is -2.67. The average molecular weight is 589 g/mol. The van der Waals surface area contributed by atoms with E-state index in [4.69, 9.17) is 4.74 Å². The molecule has 0 spiro atoms. The molecular weight excluding hydrogens is 532 g/mol. The first-order valence-electron chi connectivity index (χ1n) is 17.7. The standard InChI is InChI=1S/C39H56O2S/c1-34(2)16-18-39-19-17-37(6)27(31(39)33(34)41-23-39)12-13-30-36(5)21-24(20-25-22-42-28-11-9-8-10-26(25)28)32(40)35(3,4)29(36)14-15-38(30,37)7/h20,22,27,29-31,33H,8-19,21,23H2,1-7H3/b24-20+/t27-,29-,30-,31+,33-,36+,37-,38-,39-/m1/s1. The average Bonchev–Trinajstić information content (AvgIpc) is 3.50. The summed E-state index contributed by atoms with van der Waals surface area (Å²) < 4.78 is 6.80. The Balaban J connectivity index is 1.18. The Morgan fingerprint density at radius 2 is 1.62 bits per heavy atom. The molecule has 230 valence electrons. The zero-order chi connectivity index (χ0) is 29.5. The van der Waals surface area contributed by atoms with E-state index in [-0.39, 0.29) is 10.8 Å². The molecule has 0 unspecified atom stereocenters. The topological polar surface area (TPSA) is 26.3 Å². The van der Waals surface area contributed by atoms with Gasteiger partial charge in [0, 0.05) is 10.3 Å². The SMILES string of the molecule is CC1(C)CC[C@]23CC[C@]4(C)[C@H](CC[C@@H]5[C@@]6(C)C/C(=C\c7csc8c7CCCC8)C(=O)C(C)(C)[C@H]6CC[C@]54C)[C@H]2[C@H]1OC3. The van der Waals surface area contributed by atoms with Crippen molar-refractivity contribution >= 4 is 23.2 Å². The first kappa shape index (κ1) is 28.5. The molecule has 2 heterocycles. The molecule has 1 aromatic rings. The minimum absolute atomic E-state index is 0.177. The van der Waals surface area contributed by atoms with Gasteiger partial charge in [-0.15, -0.1) is 11.3 Å². The zero-order valence-corrected chi connectivity index (χ0v) is 28.5. The highest BCUT2D eigenvalue weighted by atomic mass is 32.1. The highest BCUT2D eigenvalue weighted by molar-refractivity contribution is 7.10. The molecule has 1 aliphatic heterocycles. The number of ketones is 1. The van der Waals surface area contributed by atoms with Crippen LogP contribution < -0.4 is 0 Å². The van der Waals surface area contributed by atoms with Crippen LogP contribution in [-0.4, -0.2) is 18.5 Å². The zero-order valence-electron chi connectivity index (χ0n) is 27.7. The molecule has 2 bridgehead atoms. The maximum atomic E-state index is 14.3. The van der Waals surface area contributed by atoms with Crippen LogP contribution in [0.15, 0.2) is 11.0 Å². The number of aryl methyl sites for hydroxylation is 1. The molecule has 9 atom stereocenters. The number of rotatable bonds is 1. The van der Waals surface area contributed by atoms with E-state index in [0.29, 0.717) is 45.4 Å². The van der Waals surface area contributed by atoms with Crippen molar-refractivity contribution in [3.63, 3.8) is 0 Å². The fourth-order valence-electron chi connectivity index (χ4n) is 13.8. The normalized spacial score (nSPS) is 49.5. The fraction of sp³-hybridized carbons (Fsp3) is 0.821. The van der Waals surface area contributed by atoms with E-state index in [0.717, 1.165) is 30.4 Å². The smallest absolute Gasteiger partial charge is 0.164 e. The summed E-state index contributed by atoms with van der Waals surface area (Å²) in [4.78, 5) is 15.9. The summed E-state index contributed by atoms with van der Waals surface area (Å²) in [5.41, 5.74) is 5.40. The van der Waals surface area contributed by atoms with Crippen molar-refractivity contribution in [2.45, 2.75) is 138 Å². The summed E-state index contributed by atoms with van der Waals surface area (Å²) in [5, 5.41) is 2.37. The summed E-state index contributed by atoms with van der Waals surface area (Å²) in [6.45, 7) is 18.8. The second-order valence-electron chi connectivity index (χ2n) is 18.5. The van der Waals surface area contributed by atoms with E-state index < -0.39 is 0 Å². The van der Waals surface area contributed by atoms with Gasteiger partial charge in [-0.1, -0.05) is 48.5 Å². The number of carbonyl (C=O) groups is 1. The number of hydrogen-bond donors (Lipinski definition) is 0. The predicted molar refractivity (Wildman–Crippen MR) is 174 cm³/mol.